The van der Waals surface area contributed by atoms with Gasteiger partial charge in [0.25, 0.3) is 0 Å². The highest BCUT2D eigenvalue weighted by Gasteiger charge is 2.33. The van der Waals surface area contributed by atoms with E-state index in [0.29, 0.717) is 19.1 Å². The quantitative estimate of drug-likeness (QED) is 0.773. The fourth-order valence-corrected chi connectivity index (χ4v) is 2.76. The molecule has 1 heterocycles. The van der Waals surface area contributed by atoms with E-state index in [9.17, 15) is 4.79 Å². The van der Waals surface area contributed by atoms with Gasteiger partial charge in [-0.2, -0.15) is 0 Å². The van der Waals surface area contributed by atoms with Crippen molar-refractivity contribution in [3.8, 4) is 5.75 Å². The van der Waals surface area contributed by atoms with Gasteiger partial charge in [-0.25, -0.2) is 0 Å². The molecule has 0 unspecified atom stereocenters. The van der Waals surface area contributed by atoms with Crippen molar-refractivity contribution >= 4 is 18.3 Å². The van der Waals surface area contributed by atoms with E-state index in [1.165, 1.54) is 0 Å². The summed E-state index contributed by atoms with van der Waals surface area (Å²) in [6.07, 6.45) is 1.18. The predicted octanol–water partition coefficient (Wildman–Crippen LogP) is 3.00. The van der Waals surface area contributed by atoms with Crippen LogP contribution in [-0.4, -0.2) is 31.3 Å². The van der Waals surface area contributed by atoms with E-state index >= 15 is 0 Å². The molecule has 2 atom stereocenters. The molecule has 5 nitrogen and oxygen atoms in total. The van der Waals surface area contributed by atoms with Crippen LogP contribution in [0, 0.1) is 5.92 Å². The minimum absolute atomic E-state index is 0. The number of nitrogens with one attached hydrogen (secondary N) is 1. The van der Waals surface area contributed by atoms with Gasteiger partial charge < -0.3 is 20.5 Å². The molecule has 1 saturated heterocycles. The Hall–Kier alpha value is -1.30. The summed E-state index contributed by atoms with van der Waals surface area (Å²) in [7, 11) is 0. The minimum atomic E-state index is -0.474. The molecular weight excluding hydrogens is 340 g/mol. The Morgan fingerprint density at radius 1 is 1.32 bits per heavy atom. The first kappa shape index (κ1) is 21.7. The molecule has 0 spiro atoms. The number of hydrogen-bond acceptors (Lipinski definition) is 4. The van der Waals surface area contributed by atoms with Crippen LogP contribution < -0.4 is 15.8 Å². The van der Waals surface area contributed by atoms with Crippen LogP contribution in [0.2, 0.25) is 0 Å². The van der Waals surface area contributed by atoms with Crippen molar-refractivity contribution in [3.05, 3.63) is 29.8 Å². The zero-order chi connectivity index (χ0) is 17.7. The molecule has 0 saturated carbocycles. The lowest BCUT2D eigenvalue weighted by Crippen LogP contribution is -2.46. The van der Waals surface area contributed by atoms with Crippen molar-refractivity contribution in [2.75, 3.05) is 13.2 Å². The maximum Gasteiger partial charge on any atom is 0.249 e. The molecule has 1 amide bonds. The Balaban J connectivity index is 0.00000312. The molecule has 3 N–H and O–H groups in total. The molecule has 0 aliphatic carbocycles. The second-order valence-electron chi connectivity index (χ2n) is 7.40. The van der Waals surface area contributed by atoms with E-state index in [-0.39, 0.29) is 24.4 Å². The lowest BCUT2D eigenvalue weighted by atomic mass is 9.93. The van der Waals surface area contributed by atoms with Gasteiger partial charge in [0.2, 0.25) is 5.91 Å². The molecule has 0 aromatic heterocycles. The lowest BCUT2D eigenvalue weighted by Gasteiger charge is -2.28. The van der Waals surface area contributed by atoms with Gasteiger partial charge in [0.1, 0.15) is 11.9 Å². The summed E-state index contributed by atoms with van der Waals surface area (Å²) in [4.78, 5) is 12.4. The molecule has 25 heavy (non-hydrogen) atoms. The van der Waals surface area contributed by atoms with E-state index < -0.39 is 11.6 Å². The first-order valence-electron chi connectivity index (χ1n) is 8.72. The van der Waals surface area contributed by atoms with Crippen LogP contribution in [0.3, 0.4) is 0 Å². The summed E-state index contributed by atoms with van der Waals surface area (Å²) in [6.45, 7) is 9.38. The van der Waals surface area contributed by atoms with Crippen molar-refractivity contribution in [3.63, 3.8) is 0 Å². The summed E-state index contributed by atoms with van der Waals surface area (Å²) in [5, 5.41) is 3.08. The number of hydrogen-bond donors (Lipinski definition) is 2. The minimum Gasteiger partial charge on any atom is -0.493 e. The van der Waals surface area contributed by atoms with Crippen LogP contribution >= 0.6 is 12.4 Å². The van der Waals surface area contributed by atoms with Crippen LogP contribution in [0.4, 0.5) is 0 Å². The molecule has 1 aliphatic rings. The molecule has 1 fully saturated rings. The summed E-state index contributed by atoms with van der Waals surface area (Å²) in [6, 6.07) is 7.88. The largest absolute Gasteiger partial charge is 0.493 e. The molecule has 1 aromatic rings. The average molecular weight is 371 g/mol. The third-order valence-electron chi connectivity index (χ3n) is 4.26. The molecule has 1 aliphatic heterocycles. The zero-order valence-corrected chi connectivity index (χ0v) is 16.4. The smallest absolute Gasteiger partial charge is 0.249 e. The van der Waals surface area contributed by atoms with E-state index in [0.717, 1.165) is 24.2 Å². The zero-order valence-electron chi connectivity index (χ0n) is 15.6. The normalized spacial score (nSPS) is 20.2. The Bertz CT molecular complexity index is 546. The highest BCUT2D eigenvalue weighted by molar-refractivity contribution is 5.85. The Morgan fingerprint density at radius 3 is 2.48 bits per heavy atom. The maximum atomic E-state index is 12.4. The molecule has 0 bridgehead atoms. The van der Waals surface area contributed by atoms with Crippen LogP contribution in [0.25, 0.3) is 0 Å². The first-order chi connectivity index (χ1) is 11.3. The van der Waals surface area contributed by atoms with Gasteiger partial charge in [-0.1, -0.05) is 26.0 Å². The number of amides is 1. The topological polar surface area (TPSA) is 73.6 Å². The maximum absolute atomic E-state index is 12.4. The number of nitrogens with two attached hydrogens (primary N) is 1. The fourth-order valence-electron chi connectivity index (χ4n) is 2.76. The van der Waals surface area contributed by atoms with Gasteiger partial charge in [0.15, 0.2) is 0 Å². The predicted molar refractivity (Wildman–Crippen MR) is 102 cm³/mol. The number of ether oxygens (including phenoxy) is 2. The number of halogens is 1. The van der Waals surface area contributed by atoms with Crippen LogP contribution in [0.1, 0.15) is 46.1 Å². The third kappa shape index (κ3) is 6.17. The Kier molecular flexibility index (Phi) is 8.19. The van der Waals surface area contributed by atoms with Crippen molar-refractivity contribution in [1.29, 1.82) is 0 Å². The summed E-state index contributed by atoms with van der Waals surface area (Å²) < 4.78 is 11.4. The summed E-state index contributed by atoms with van der Waals surface area (Å²) in [5.74, 6) is 1.26. The molecule has 2 rings (SSSR count). The van der Waals surface area contributed by atoms with Crippen LogP contribution in [0.5, 0.6) is 5.75 Å². The monoisotopic (exact) mass is 370 g/mol. The Labute approximate surface area is 157 Å². The summed E-state index contributed by atoms with van der Waals surface area (Å²) >= 11 is 0. The summed E-state index contributed by atoms with van der Waals surface area (Å²) in [5.41, 5.74) is 6.16. The second-order valence-corrected chi connectivity index (χ2v) is 7.40. The van der Waals surface area contributed by atoms with Crippen LogP contribution in [0.15, 0.2) is 24.3 Å². The number of benzene rings is 1. The van der Waals surface area contributed by atoms with Crippen molar-refractivity contribution < 1.29 is 14.3 Å². The van der Waals surface area contributed by atoms with E-state index in [2.05, 4.69) is 19.2 Å². The molecular formula is C19H31ClN2O3. The lowest BCUT2D eigenvalue weighted by molar-refractivity contribution is -0.133. The molecule has 0 radical (unpaired) electrons. The van der Waals surface area contributed by atoms with Crippen molar-refractivity contribution in [1.82, 2.24) is 5.32 Å². The van der Waals surface area contributed by atoms with E-state index in [4.69, 9.17) is 15.2 Å². The average Bonchev–Trinajstić information content (AvgIpc) is 3.02. The van der Waals surface area contributed by atoms with E-state index in [1.807, 2.05) is 38.1 Å². The third-order valence-corrected chi connectivity index (χ3v) is 4.26. The highest BCUT2D eigenvalue weighted by Crippen LogP contribution is 2.25. The number of carbonyl (C=O) groups excluding carboxylic acids is 1. The molecule has 6 heteroatoms. The van der Waals surface area contributed by atoms with Gasteiger partial charge in [0, 0.05) is 6.54 Å². The number of carbonyl (C=O) groups is 1. The van der Waals surface area contributed by atoms with Crippen molar-refractivity contribution in [2.45, 2.75) is 58.3 Å². The number of rotatable bonds is 7. The van der Waals surface area contributed by atoms with Gasteiger partial charge >= 0.3 is 0 Å². The standard InChI is InChI=1S/C19H30N2O3.ClH/c1-13(2)12-23-15-7-5-14(6-8-15)19(3,4)21-18(22)17-10-9-16(11-20)24-17;/h5-8,13,16-17H,9-12,20H2,1-4H3,(H,21,22);1H/t16-,17+;/m1./s1. The van der Waals surface area contributed by atoms with Crippen molar-refractivity contribution in [2.24, 2.45) is 11.7 Å². The molecule has 1 aromatic carbocycles. The van der Waals surface area contributed by atoms with Gasteiger partial charge in [-0.3, -0.25) is 4.79 Å². The second kappa shape index (κ2) is 9.41. The van der Waals surface area contributed by atoms with E-state index in [1.54, 1.807) is 0 Å². The highest BCUT2D eigenvalue weighted by atomic mass is 35.5. The van der Waals surface area contributed by atoms with Gasteiger partial charge in [-0.15, -0.1) is 12.4 Å². The van der Waals surface area contributed by atoms with Crippen LogP contribution in [-0.2, 0) is 15.1 Å². The first-order valence-corrected chi connectivity index (χ1v) is 8.72. The molecule has 142 valence electrons. The SMILES string of the molecule is CC(C)COc1ccc(C(C)(C)NC(=O)[C@@H]2CC[C@H](CN)O2)cc1.Cl. The van der Waals surface area contributed by atoms with Gasteiger partial charge in [0.05, 0.1) is 18.2 Å². The van der Waals surface area contributed by atoms with Gasteiger partial charge in [-0.05, 0) is 50.3 Å². The fraction of sp³-hybridized carbons (Fsp3) is 0.632. The Morgan fingerprint density at radius 2 is 1.96 bits per heavy atom.